The van der Waals surface area contributed by atoms with E-state index < -0.39 is 11.9 Å². The lowest BCUT2D eigenvalue weighted by Gasteiger charge is -2.30. The number of likely N-dealkylation sites (tertiary alicyclic amines) is 1. The number of esters is 1. The number of carbonyl (C=O) groups is 2. The topological polar surface area (TPSA) is 46.6 Å². The smallest absolute Gasteiger partial charge is 0.317 e. The molecule has 0 bridgehead atoms. The first-order valence-electron chi connectivity index (χ1n) is 7.04. The highest BCUT2D eigenvalue weighted by Gasteiger charge is 2.33. The minimum atomic E-state index is -0.622. The Kier molecular flexibility index (Phi) is 4.90. The van der Waals surface area contributed by atoms with E-state index in [-0.39, 0.29) is 5.78 Å². The number of ketones is 1. The molecule has 108 valence electrons. The predicted octanol–water partition coefficient (Wildman–Crippen LogP) is 1.81. The number of ether oxygens (including phenoxy) is 1. The van der Waals surface area contributed by atoms with Gasteiger partial charge in [-0.2, -0.15) is 0 Å². The van der Waals surface area contributed by atoms with E-state index in [2.05, 4.69) is 36.1 Å². The lowest BCUT2D eigenvalue weighted by Crippen LogP contribution is -2.44. The van der Waals surface area contributed by atoms with Gasteiger partial charge in [-0.1, -0.05) is 31.2 Å². The molecule has 20 heavy (non-hydrogen) atoms. The van der Waals surface area contributed by atoms with E-state index in [1.54, 1.807) is 0 Å². The van der Waals surface area contributed by atoms with E-state index in [1.807, 2.05) is 0 Å². The third-order valence-electron chi connectivity index (χ3n) is 3.83. The van der Waals surface area contributed by atoms with Crippen LogP contribution in [0.1, 0.15) is 24.5 Å². The first-order valence-corrected chi connectivity index (χ1v) is 7.04. The van der Waals surface area contributed by atoms with E-state index in [1.165, 1.54) is 18.2 Å². The lowest BCUT2D eigenvalue weighted by atomic mass is 9.96. The van der Waals surface area contributed by atoms with Crippen LogP contribution in [0.25, 0.3) is 0 Å². The fourth-order valence-electron chi connectivity index (χ4n) is 2.52. The number of hydrogen-bond acceptors (Lipinski definition) is 4. The molecule has 1 saturated heterocycles. The third-order valence-corrected chi connectivity index (χ3v) is 3.83. The summed E-state index contributed by atoms with van der Waals surface area (Å²) in [4.78, 5) is 25.5. The second-order valence-corrected chi connectivity index (χ2v) is 5.20. The Bertz CT molecular complexity index is 473. The van der Waals surface area contributed by atoms with Gasteiger partial charge < -0.3 is 4.74 Å². The number of benzene rings is 1. The zero-order valence-electron chi connectivity index (χ0n) is 12.1. The van der Waals surface area contributed by atoms with Crippen LogP contribution in [0.3, 0.4) is 0 Å². The van der Waals surface area contributed by atoms with Gasteiger partial charge in [0.25, 0.3) is 0 Å². The van der Waals surface area contributed by atoms with Crippen LogP contribution in [0.5, 0.6) is 0 Å². The molecule has 1 aliphatic heterocycles. The van der Waals surface area contributed by atoms with E-state index in [4.69, 9.17) is 4.74 Å². The molecule has 0 spiro atoms. The molecular weight excluding hydrogens is 254 g/mol. The van der Waals surface area contributed by atoms with Crippen molar-refractivity contribution in [2.45, 2.75) is 26.3 Å². The van der Waals surface area contributed by atoms with Crippen molar-refractivity contribution in [3.8, 4) is 0 Å². The first-order chi connectivity index (χ1) is 9.63. The molecule has 4 heteroatoms. The predicted molar refractivity (Wildman–Crippen MR) is 76.2 cm³/mol. The van der Waals surface area contributed by atoms with Gasteiger partial charge in [0.15, 0.2) is 0 Å². The minimum absolute atomic E-state index is 0.00516. The van der Waals surface area contributed by atoms with Gasteiger partial charge in [0, 0.05) is 26.1 Å². The summed E-state index contributed by atoms with van der Waals surface area (Å²) in [6, 6.07) is 8.48. The molecule has 1 heterocycles. The maximum Gasteiger partial charge on any atom is 0.317 e. The zero-order chi connectivity index (χ0) is 14.5. The van der Waals surface area contributed by atoms with Crippen molar-refractivity contribution in [3.63, 3.8) is 0 Å². The van der Waals surface area contributed by atoms with Crippen LogP contribution in [0.15, 0.2) is 24.3 Å². The molecule has 0 aromatic heterocycles. The fraction of sp³-hybridized carbons (Fsp3) is 0.500. The van der Waals surface area contributed by atoms with Crippen molar-refractivity contribution in [1.82, 2.24) is 4.90 Å². The average Bonchev–Trinajstić information content (AvgIpc) is 2.49. The number of aryl methyl sites for hydroxylation is 1. The summed E-state index contributed by atoms with van der Waals surface area (Å²) < 4.78 is 4.70. The highest BCUT2D eigenvalue weighted by molar-refractivity contribution is 5.99. The molecule has 1 aromatic carbocycles. The van der Waals surface area contributed by atoms with Crippen LogP contribution in [0, 0.1) is 5.92 Å². The van der Waals surface area contributed by atoms with Crippen LogP contribution in [0.2, 0.25) is 0 Å². The summed E-state index contributed by atoms with van der Waals surface area (Å²) in [5.41, 5.74) is 2.52. The Hall–Kier alpha value is -1.68. The van der Waals surface area contributed by atoms with Gasteiger partial charge in [0.2, 0.25) is 0 Å². The fourth-order valence-corrected chi connectivity index (χ4v) is 2.52. The van der Waals surface area contributed by atoms with Crippen molar-refractivity contribution in [2.75, 3.05) is 20.2 Å². The van der Waals surface area contributed by atoms with Crippen molar-refractivity contribution in [2.24, 2.45) is 5.92 Å². The minimum Gasteiger partial charge on any atom is -0.468 e. The molecule has 1 aromatic rings. The van der Waals surface area contributed by atoms with E-state index in [0.717, 1.165) is 13.0 Å². The number of hydrogen-bond donors (Lipinski definition) is 0. The molecule has 0 amide bonds. The van der Waals surface area contributed by atoms with Crippen molar-refractivity contribution < 1.29 is 14.3 Å². The second-order valence-electron chi connectivity index (χ2n) is 5.20. The highest BCUT2D eigenvalue weighted by atomic mass is 16.5. The Morgan fingerprint density at radius 1 is 1.30 bits per heavy atom. The van der Waals surface area contributed by atoms with Gasteiger partial charge in [-0.3, -0.25) is 14.5 Å². The molecule has 2 rings (SSSR count). The van der Waals surface area contributed by atoms with Crippen LogP contribution in [-0.2, 0) is 27.3 Å². The monoisotopic (exact) mass is 275 g/mol. The number of nitrogens with zero attached hydrogens (tertiary/aromatic N) is 1. The quantitative estimate of drug-likeness (QED) is 0.621. The second kappa shape index (κ2) is 6.66. The number of carbonyl (C=O) groups excluding carboxylic acids is 2. The zero-order valence-corrected chi connectivity index (χ0v) is 12.1. The third kappa shape index (κ3) is 3.45. The number of methoxy groups -OCH3 is 1. The SMILES string of the molecule is CCc1ccc(CN2CCC(=O)C(C(=O)OC)C2)cc1. The van der Waals surface area contributed by atoms with Crippen molar-refractivity contribution in [1.29, 1.82) is 0 Å². The van der Waals surface area contributed by atoms with Gasteiger partial charge in [0.05, 0.1) is 7.11 Å². The maximum atomic E-state index is 11.7. The summed E-state index contributed by atoms with van der Waals surface area (Å²) in [6.07, 6.45) is 1.45. The van der Waals surface area contributed by atoms with Gasteiger partial charge >= 0.3 is 5.97 Å². The van der Waals surface area contributed by atoms with E-state index >= 15 is 0 Å². The summed E-state index contributed by atoms with van der Waals surface area (Å²) >= 11 is 0. The lowest BCUT2D eigenvalue weighted by molar-refractivity contribution is -0.152. The molecule has 0 radical (unpaired) electrons. The molecule has 4 nitrogen and oxygen atoms in total. The van der Waals surface area contributed by atoms with Gasteiger partial charge in [0.1, 0.15) is 11.7 Å². The van der Waals surface area contributed by atoms with Crippen molar-refractivity contribution >= 4 is 11.8 Å². The largest absolute Gasteiger partial charge is 0.468 e. The van der Waals surface area contributed by atoms with E-state index in [0.29, 0.717) is 19.5 Å². The number of rotatable bonds is 4. The Morgan fingerprint density at radius 3 is 2.55 bits per heavy atom. The Morgan fingerprint density at radius 2 is 1.95 bits per heavy atom. The van der Waals surface area contributed by atoms with Crippen LogP contribution >= 0.6 is 0 Å². The summed E-state index contributed by atoms with van der Waals surface area (Å²) in [5.74, 6) is -1.04. The van der Waals surface area contributed by atoms with Crippen LogP contribution in [-0.4, -0.2) is 36.9 Å². The Balaban J connectivity index is 1.98. The molecular formula is C16H21NO3. The van der Waals surface area contributed by atoms with E-state index in [9.17, 15) is 9.59 Å². The molecule has 1 aliphatic rings. The number of piperidine rings is 1. The average molecular weight is 275 g/mol. The van der Waals surface area contributed by atoms with Gasteiger partial charge in [-0.15, -0.1) is 0 Å². The van der Waals surface area contributed by atoms with Gasteiger partial charge in [-0.05, 0) is 17.5 Å². The Labute approximate surface area is 119 Å². The maximum absolute atomic E-state index is 11.7. The molecule has 1 unspecified atom stereocenters. The summed E-state index contributed by atoms with van der Waals surface area (Å²) in [5, 5.41) is 0. The standard InChI is InChI=1S/C16H21NO3/c1-3-12-4-6-13(7-5-12)10-17-9-8-15(18)14(11-17)16(19)20-2/h4-7,14H,3,8-11H2,1-2H3. The van der Waals surface area contributed by atoms with Gasteiger partial charge in [-0.25, -0.2) is 0 Å². The van der Waals surface area contributed by atoms with Crippen LogP contribution in [0.4, 0.5) is 0 Å². The molecule has 0 N–H and O–H groups in total. The molecule has 0 aliphatic carbocycles. The summed E-state index contributed by atoms with van der Waals surface area (Å²) in [6.45, 7) is 4.07. The molecule has 1 atom stereocenters. The number of Topliss-reactive ketones (excluding diaryl/α,β-unsaturated/α-hetero) is 1. The first kappa shape index (κ1) is 14.7. The molecule has 1 fully saturated rings. The van der Waals surface area contributed by atoms with Crippen molar-refractivity contribution in [3.05, 3.63) is 35.4 Å². The highest BCUT2D eigenvalue weighted by Crippen LogP contribution is 2.17. The summed E-state index contributed by atoms with van der Waals surface area (Å²) in [7, 11) is 1.33. The molecule has 0 saturated carbocycles. The van der Waals surface area contributed by atoms with Crippen LogP contribution < -0.4 is 0 Å². The normalized spacial score (nSPS) is 19.9.